The number of aryl methyl sites for hydroxylation is 2. The maximum Gasteiger partial charge on any atom is 0.243 e. The zero-order valence-corrected chi connectivity index (χ0v) is 17.1. The van der Waals surface area contributed by atoms with E-state index in [4.69, 9.17) is 5.73 Å². The second-order valence-electron chi connectivity index (χ2n) is 8.11. The molecule has 2 fully saturated rings. The summed E-state index contributed by atoms with van der Waals surface area (Å²) in [5.74, 6) is -0.106. The van der Waals surface area contributed by atoms with Crippen LogP contribution in [0.3, 0.4) is 0 Å². The summed E-state index contributed by atoms with van der Waals surface area (Å²) in [6.07, 6.45) is 5.19. The first-order valence-corrected chi connectivity index (χ1v) is 11.3. The summed E-state index contributed by atoms with van der Waals surface area (Å²) in [5.41, 5.74) is 7.70. The van der Waals surface area contributed by atoms with E-state index in [0.717, 1.165) is 36.8 Å². The van der Waals surface area contributed by atoms with Crippen LogP contribution in [0.25, 0.3) is 0 Å². The van der Waals surface area contributed by atoms with Gasteiger partial charge in [0.05, 0.1) is 10.4 Å². The first kappa shape index (κ1) is 20.3. The molecule has 27 heavy (non-hydrogen) atoms. The molecule has 1 aromatic rings. The number of hydrogen-bond donors (Lipinski definition) is 2. The Bertz CT molecular complexity index is 793. The number of hydrogen-bond acceptors (Lipinski definition) is 4. The lowest BCUT2D eigenvalue weighted by atomic mass is 9.93. The van der Waals surface area contributed by atoms with Crippen LogP contribution in [0.5, 0.6) is 0 Å². The predicted octanol–water partition coefficient (Wildman–Crippen LogP) is 2.09. The Morgan fingerprint density at radius 2 is 1.81 bits per heavy atom. The van der Waals surface area contributed by atoms with Gasteiger partial charge in [-0.1, -0.05) is 18.9 Å². The molecule has 0 radical (unpaired) electrons. The molecule has 0 aromatic heterocycles. The number of rotatable bonds is 5. The van der Waals surface area contributed by atoms with Crippen LogP contribution in [0.4, 0.5) is 0 Å². The summed E-state index contributed by atoms with van der Waals surface area (Å²) in [4.78, 5) is 13.0. The zero-order chi connectivity index (χ0) is 19.7. The number of piperidine rings is 1. The molecule has 0 unspecified atom stereocenters. The number of nitrogens with one attached hydrogen (secondary N) is 1. The Labute approximate surface area is 162 Å². The van der Waals surface area contributed by atoms with Gasteiger partial charge in [-0.2, -0.15) is 4.31 Å². The first-order valence-electron chi connectivity index (χ1n) is 9.87. The Balaban J connectivity index is 1.62. The van der Waals surface area contributed by atoms with Crippen molar-refractivity contribution in [2.24, 2.45) is 11.7 Å². The number of amides is 1. The molecular formula is C20H31N3O3S. The molecule has 1 aromatic carbocycles. The SMILES string of the molecule is Cc1ccc(S(=O)(=O)N2CCC(C(=O)NC3(CN)CCCC3)CC2)cc1C. The van der Waals surface area contributed by atoms with Crippen LogP contribution in [-0.2, 0) is 14.8 Å². The number of benzene rings is 1. The van der Waals surface area contributed by atoms with E-state index in [9.17, 15) is 13.2 Å². The molecule has 6 nitrogen and oxygen atoms in total. The van der Waals surface area contributed by atoms with Crippen molar-refractivity contribution in [1.82, 2.24) is 9.62 Å². The summed E-state index contributed by atoms with van der Waals surface area (Å²) in [6.45, 7) is 5.11. The molecular weight excluding hydrogens is 362 g/mol. The molecule has 1 aliphatic carbocycles. The summed E-state index contributed by atoms with van der Waals surface area (Å²) in [7, 11) is -3.51. The topological polar surface area (TPSA) is 92.5 Å². The van der Waals surface area contributed by atoms with Crippen molar-refractivity contribution < 1.29 is 13.2 Å². The molecule has 0 atom stereocenters. The maximum absolute atomic E-state index is 12.9. The summed E-state index contributed by atoms with van der Waals surface area (Å²) < 4.78 is 27.3. The highest BCUT2D eigenvalue weighted by Crippen LogP contribution is 2.30. The van der Waals surface area contributed by atoms with Crippen LogP contribution >= 0.6 is 0 Å². The number of nitrogens with two attached hydrogens (primary N) is 1. The average molecular weight is 394 g/mol. The fraction of sp³-hybridized carbons (Fsp3) is 0.650. The average Bonchev–Trinajstić information content (AvgIpc) is 3.13. The monoisotopic (exact) mass is 393 g/mol. The van der Waals surface area contributed by atoms with Crippen LogP contribution in [0.15, 0.2) is 23.1 Å². The Morgan fingerprint density at radius 1 is 1.19 bits per heavy atom. The van der Waals surface area contributed by atoms with E-state index in [1.165, 1.54) is 4.31 Å². The van der Waals surface area contributed by atoms with E-state index in [1.807, 2.05) is 19.9 Å². The zero-order valence-electron chi connectivity index (χ0n) is 16.3. The maximum atomic E-state index is 12.9. The largest absolute Gasteiger partial charge is 0.349 e. The van der Waals surface area contributed by atoms with Crippen molar-refractivity contribution >= 4 is 15.9 Å². The van der Waals surface area contributed by atoms with Crippen molar-refractivity contribution in [2.75, 3.05) is 19.6 Å². The van der Waals surface area contributed by atoms with E-state index in [1.54, 1.807) is 12.1 Å². The molecule has 3 rings (SSSR count). The van der Waals surface area contributed by atoms with E-state index in [-0.39, 0.29) is 17.4 Å². The number of carbonyl (C=O) groups excluding carboxylic acids is 1. The molecule has 1 amide bonds. The Kier molecular flexibility index (Phi) is 5.93. The third kappa shape index (κ3) is 4.20. The van der Waals surface area contributed by atoms with Gasteiger partial charge in [-0.25, -0.2) is 8.42 Å². The molecule has 7 heteroatoms. The highest BCUT2D eigenvalue weighted by atomic mass is 32.2. The Morgan fingerprint density at radius 3 is 2.37 bits per heavy atom. The van der Waals surface area contributed by atoms with Gasteiger partial charge in [0.1, 0.15) is 0 Å². The van der Waals surface area contributed by atoms with Gasteiger partial charge in [-0.15, -0.1) is 0 Å². The number of nitrogens with zero attached hydrogens (tertiary/aromatic N) is 1. The van der Waals surface area contributed by atoms with Gasteiger partial charge in [0.2, 0.25) is 15.9 Å². The molecule has 0 bridgehead atoms. The van der Waals surface area contributed by atoms with E-state index in [0.29, 0.717) is 37.4 Å². The second kappa shape index (κ2) is 7.89. The van der Waals surface area contributed by atoms with Gasteiger partial charge in [0.25, 0.3) is 0 Å². The number of carbonyl (C=O) groups is 1. The van der Waals surface area contributed by atoms with Crippen LogP contribution in [0.1, 0.15) is 49.7 Å². The standard InChI is InChI=1S/C20H31N3O3S/c1-15-5-6-18(13-16(15)2)27(25,26)23-11-7-17(8-12-23)19(24)22-20(14-21)9-3-4-10-20/h5-6,13,17H,3-4,7-12,14,21H2,1-2H3,(H,22,24). The third-order valence-electron chi connectivity index (χ3n) is 6.28. The van der Waals surface area contributed by atoms with Crippen LogP contribution in [0.2, 0.25) is 0 Å². The lowest BCUT2D eigenvalue weighted by molar-refractivity contribution is -0.128. The van der Waals surface area contributed by atoms with Crippen LogP contribution in [0, 0.1) is 19.8 Å². The third-order valence-corrected chi connectivity index (χ3v) is 8.18. The lowest BCUT2D eigenvalue weighted by Crippen LogP contribution is -2.54. The highest BCUT2D eigenvalue weighted by Gasteiger charge is 2.37. The first-order chi connectivity index (χ1) is 12.8. The van der Waals surface area contributed by atoms with Gasteiger partial charge < -0.3 is 11.1 Å². The minimum atomic E-state index is -3.51. The summed E-state index contributed by atoms with van der Waals surface area (Å²) in [6, 6.07) is 5.24. The summed E-state index contributed by atoms with van der Waals surface area (Å²) >= 11 is 0. The number of sulfonamides is 1. The van der Waals surface area contributed by atoms with Crippen molar-refractivity contribution in [2.45, 2.75) is 62.8 Å². The molecule has 1 saturated heterocycles. The molecule has 1 saturated carbocycles. The Hall–Kier alpha value is -1.44. The van der Waals surface area contributed by atoms with Crippen LogP contribution < -0.4 is 11.1 Å². The fourth-order valence-corrected chi connectivity index (χ4v) is 5.73. The molecule has 150 valence electrons. The van der Waals surface area contributed by atoms with Gasteiger partial charge >= 0.3 is 0 Å². The van der Waals surface area contributed by atoms with Gasteiger partial charge in [-0.05, 0) is 62.8 Å². The van der Waals surface area contributed by atoms with Gasteiger partial charge in [-0.3, -0.25) is 4.79 Å². The highest BCUT2D eigenvalue weighted by molar-refractivity contribution is 7.89. The van der Waals surface area contributed by atoms with Crippen molar-refractivity contribution in [3.05, 3.63) is 29.3 Å². The molecule has 0 spiro atoms. The second-order valence-corrected chi connectivity index (χ2v) is 10.0. The van der Waals surface area contributed by atoms with Crippen molar-refractivity contribution in [3.8, 4) is 0 Å². The molecule has 1 heterocycles. The minimum absolute atomic E-state index is 0.0329. The molecule has 3 N–H and O–H groups in total. The van der Waals surface area contributed by atoms with E-state index in [2.05, 4.69) is 5.32 Å². The van der Waals surface area contributed by atoms with Crippen molar-refractivity contribution in [1.29, 1.82) is 0 Å². The minimum Gasteiger partial charge on any atom is -0.349 e. The predicted molar refractivity (Wildman–Crippen MR) is 106 cm³/mol. The van der Waals surface area contributed by atoms with Gasteiger partial charge in [0.15, 0.2) is 0 Å². The molecule has 2 aliphatic rings. The van der Waals surface area contributed by atoms with E-state index < -0.39 is 10.0 Å². The molecule has 1 aliphatic heterocycles. The summed E-state index contributed by atoms with van der Waals surface area (Å²) in [5, 5.41) is 3.18. The normalized spacial score (nSPS) is 21.3. The van der Waals surface area contributed by atoms with Crippen LogP contribution in [-0.4, -0.2) is 43.8 Å². The van der Waals surface area contributed by atoms with E-state index >= 15 is 0 Å². The van der Waals surface area contributed by atoms with Crippen molar-refractivity contribution in [3.63, 3.8) is 0 Å². The van der Waals surface area contributed by atoms with Gasteiger partial charge in [0, 0.05) is 25.6 Å². The fourth-order valence-electron chi connectivity index (χ4n) is 4.18. The lowest BCUT2D eigenvalue weighted by Gasteiger charge is -2.34. The smallest absolute Gasteiger partial charge is 0.243 e. The quantitative estimate of drug-likeness (QED) is 0.801.